The Balaban J connectivity index is 1.45. The summed E-state index contributed by atoms with van der Waals surface area (Å²) < 4.78 is 12.4. The first-order chi connectivity index (χ1) is 16.2. The van der Waals surface area contributed by atoms with Crippen LogP contribution in [0.25, 0.3) is 11.1 Å². The number of allylic oxidation sites excluding steroid dienone is 1. The van der Waals surface area contributed by atoms with E-state index in [0.717, 1.165) is 55.9 Å². The van der Waals surface area contributed by atoms with Gasteiger partial charge in [-0.15, -0.1) is 0 Å². The molecule has 1 fully saturated rings. The van der Waals surface area contributed by atoms with Crippen LogP contribution in [0.15, 0.2) is 72.8 Å². The largest absolute Gasteiger partial charge is 0.303 e. The number of aryl methyl sites for hydroxylation is 1. The highest BCUT2D eigenvalue weighted by molar-refractivity contribution is 6.32. The number of nitrogens with zero attached hydrogens (tertiary/aromatic N) is 1. The minimum Gasteiger partial charge on any atom is -0.303 e. The van der Waals surface area contributed by atoms with Crippen molar-refractivity contribution in [3.8, 4) is 0 Å². The van der Waals surface area contributed by atoms with Crippen molar-refractivity contribution in [1.29, 1.82) is 0 Å². The maximum absolute atomic E-state index is 12.4. The van der Waals surface area contributed by atoms with Crippen LogP contribution in [-0.2, 0) is 12.8 Å². The van der Waals surface area contributed by atoms with E-state index in [2.05, 4.69) is 65.6 Å². The Morgan fingerprint density at radius 2 is 1.58 bits per heavy atom. The van der Waals surface area contributed by atoms with Gasteiger partial charge in [0.2, 0.25) is 0 Å². The predicted molar refractivity (Wildman–Crippen MR) is 137 cm³/mol. The van der Waals surface area contributed by atoms with Gasteiger partial charge in [-0.05, 0) is 83.1 Å². The second-order valence-corrected chi connectivity index (χ2v) is 9.82. The molecule has 33 heavy (non-hydrogen) atoms. The lowest BCUT2D eigenvalue weighted by atomic mass is 9.86. The van der Waals surface area contributed by atoms with Gasteiger partial charge in [0.1, 0.15) is 0 Å². The standard InChI is InChI=1S/C30H31ClFN/c31-29-12-4-3-10-27(29)28-11-5-8-24-7-1-2-9-26(24)30(28)25-15-13-22(14-16-25)19-23-20-33(21-23)18-6-17-32/h1-4,7,9-10,12-16,23H,5-6,8,11,17-21H2. The van der Waals surface area contributed by atoms with Gasteiger partial charge < -0.3 is 4.90 Å². The number of rotatable bonds is 7. The molecule has 1 heterocycles. The Morgan fingerprint density at radius 1 is 0.848 bits per heavy atom. The molecule has 1 aliphatic heterocycles. The predicted octanol–water partition coefficient (Wildman–Crippen LogP) is 7.47. The Bertz CT molecular complexity index is 1130. The summed E-state index contributed by atoms with van der Waals surface area (Å²) in [6.07, 6.45) is 4.99. The van der Waals surface area contributed by atoms with E-state index in [9.17, 15) is 4.39 Å². The Labute approximate surface area is 201 Å². The van der Waals surface area contributed by atoms with Crippen LogP contribution in [0.5, 0.6) is 0 Å². The maximum atomic E-state index is 12.4. The third-order valence-electron chi connectivity index (χ3n) is 7.07. The Kier molecular flexibility index (Phi) is 6.94. The van der Waals surface area contributed by atoms with Gasteiger partial charge in [-0.1, -0.05) is 78.3 Å². The second-order valence-electron chi connectivity index (χ2n) is 9.41. The number of halogens is 2. The molecule has 0 aromatic heterocycles. The summed E-state index contributed by atoms with van der Waals surface area (Å²) in [5, 5.41) is 0.822. The number of alkyl halides is 1. The van der Waals surface area contributed by atoms with E-state index in [0.29, 0.717) is 12.3 Å². The summed E-state index contributed by atoms with van der Waals surface area (Å²) in [6, 6.07) is 26.3. The van der Waals surface area contributed by atoms with Crippen molar-refractivity contribution in [2.45, 2.75) is 32.1 Å². The minimum absolute atomic E-state index is 0.211. The van der Waals surface area contributed by atoms with Gasteiger partial charge in [0.05, 0.1) is 6.67 Å². The number of hydrogen-bond acceptors (Lipinski definition) is 1. The summed E-state index contributed by atoms with van der Waals surface area (Å²) >= 11 is 6.68. The third kappa shape index (κ3) is 4.93. The molecule has 0 unspecified atom stereocenters. The fraction of sp³-hybridized carbons (Fsp3) is 0.333. The topological polar surface area (TPSA) is 3.24 Å². The van der Waals surface area contributed by atoms with Gasteiger partial charge in [-0.25, -0.2) is 0 Å². The van der Waals surface area contributed by atoms with Crippen LogP contribution in [0, 0.1) is 5.92 Å². The summed E-state index contributed by atoms with van der Waals surface area (Å²) in [5.41, 5.74) is 9.22. The molecule has 0 saturated carbocycles. The smallest absolute Gasteiger partial charge is 0.0906 e. The molecule has 3 aromatic rings. The molecule has 170 valence electrons. The zero-order valence-electron chi connectivity index (χ0n) is 19.1. The molecule has 1 saturated heterocycles. The summed E-state index contributed by atoms with van der Waals surface area (Å²) in [4.78, 5) is 2.36. The van der Waals surface area contributed by atoms with Crippen molar-refractivity contribution in [3.63, 3.8) is 0 Å². The average Bonchev–Trinajstić information content (AvgIpc) is 3.01. The molecule has 0 radical (unpaired) electrons. The molecule has 3 heteroatoms. The lowest BCUT2D eigenvalue weighted by Gasteiger charge is -2.39. The minimum atomic E-state index is -0.211. The Hall–Kier alpha value is -2.42. The van der Waals surface area contributed by atoms with E-state index < -0.39 is 0 Å². The van der Waals surface area contributed by atoms with Gasteiger partial charge in [0, 0.05) is 24.7 Å². The highest BCUT2D eigenvalue weighted by Crippen LogP contribution is 2.41. The van der Waals surface area contributed by atoms with Crippen molar-refractivity contribution in [1.82, 2.24) is 4.90 Å². The lowest BCUT2D eigenvalue weighted by molar-refractivity contribution is 0.0968. The van der Waals surface area contributed by atoms with Gasteiger partial charge in [-0.2, -0.15) is 0 Å². The van der Waals surface area contributed by atoms with Crippen molar-refractivity contribution in [3.05, 3.63) is 106 Å². The van der Waals surface area contributed by atoms with E-state index in [1.165, 1.54) is 33.4 Å². The molecule has 1 nitrogen and oxygen atoms in total. The maximum Gasteiger partial charge on any atom is 0.0906 e. The second kappa shape index (κ2) is 10.2. The molecular formula is C30H31ClFN. The van der Waals surface area contributed by atoms with Crippen molar-refractivity contribution >= 4 is 22.7 Å². The lowest BCUT2D eigenvalue weighted by Crippen LogP contribution is -2.47. The number of hydrogen-bond donors (Lipinski definition) is 0. The zero-order chi connectivity index (χ0) is 22.6. The Morgan fingerprint density at radius 3 is 2.33 bits per heavy atom. The number of benzene rings is 3. The van der Waals surface area contributed by atoms with E-state index in [1.807, 2.05) is 12.1 Å². The molecule has 5 rings (SSSR count). The van der Waals surface area contributed by atoms with Gasteiger partial charge >= 0.3 is 0 Å². The van der Waals surface area contributed by atoms with E-state index in [4.69, 9.17) is 11.6 Å². The van der Waals surface area contributed by atoms with Crippen LogP contribution in [0.3, 0.4) is 0 Å². The van der Waals surface area contributed by atoms with Crippen molar-refractivity contribution in [2.75, 3.05) is 26.3 Å². The van der Waals surface area contributed by atoms with E-state index in [-0.39, 0.29) is 6.67 Å². The molecule has 0 bridgehead atoms. The molecule has 2 aliphatic rings. The fourth-order valence-corrected chi connectivity index (χ4v) is 5.69. The number of likely N-dealkylation sites (tertiary alicyclic amines) is 1. The third-order valence-corrected chi connectivity index (χ3v) is 7.40. The summed E-state index contributed by atoms with van der Waals surface area (Å²) in [6.45, 7) is 2.87. The zero-order valence-corrected chi connectivity index (χ0v) is 19.8. The van der Waals surface area contributed by atoms with Crippen LogP contribution >= 0.6 is 11.6 Å². The van der Waals surface area contributed by atoms with Crippen molar-refractivity contribution < 1.29 is 4.39 Å². The molecule has 0 N–H and O–H groups in total. The van der Waals surface area contributed by atoms with E-state index in [1.54, 1.807) is 0 Å². The SMILES string of the molecule is FCCCN1CC(Cc2ccc(C3=C(c4ccccc4Cl)CCCc4ccccc43)cc2)C1. The van der Waals surface area contributed by atoms with Gasteiger partial charge in [0.15, 0.2) is 0 Å². The highest BCUT2D eigenvalue weighted by Gasteiger charge is 2.26. The average molecular weight is 460 g/mol. The van der Waals surface area contributed by atoms with Crippen molar-refractivity contribution in [2.24, 2.45) is 5.92 Å². The van der Waals surface area contributed by atoms with Gasteiger partial charge in [-0.3, -0.25) is 4.39 Å². The van der Waals surface area contributed by atoms with Crippen LogP contribution in [0.2, 0.25) is 5.02 Å². The molecule has 0 atom stereocenters. The van der Waals surface area contributed by atoms with E-state index >= 15 is 0 Å². The molecular weight excluding hydrogens is 429 g/mol. The summed E-state index contributed by atoms with van der Waals surface area (Å²) in [7, 11) is 0. The molecule has 3 aromatic carbocycles. The number of fused-ring (bicyclic) bond motifs is 1. The van der Waals surface area contributed by atoms with Crippen LogP contribution in [-0.4, -0.2) is 31.2 Å². The van der Waals surface area contributed by atoms with Crippen LogP contribution in [0.1, 0.15) is 47.1 Å². The molecule has 0 spiro atoms. The summed E-state index contributed by atoms with van der Waals surface area (Å²) in [5.74, 6) is 0.687. The normalized spacial score (nSPS) is 16.9. The highest BCUT2D eigenvalue weighted by atomic mass is 35.5. The first-order valence-electron chi connectivity index (χ1n) is 12.2. The van der Waals surface area contributed by atoms with Gasteiger partial charge in [0.25, 0.3) is 0 Å². The van der Waals surface area contributed by atoms with Crippen LogP contribution in [0.4, 0.5) is 4.39 Å². The quantitative estimate of drug-likeness (QED) is 0.354. The molecule has 0 amide bonds. The first-order valence-corrected chi connectivity index (χ1v) is 12.5. The first kappa shape index (κ1) is 22.4. The fourth-order valence-electron chi connectivity index (χ4n) is 5.44. The molecule has 1 aliphatic carbocycles. The monoisotopic (exact) mass is 459 g/mol. The van der Waals surface area contributed by atoms with Crippen LogP contribution < -0.4 is 0 Å².